The Morgan fingerprint density at radius 3 is 2.44 bits per heavy atom. The number of aryl methyl sites for hydroxylation is 1. The first kappa shape index (κ1) is 22.6. The van der Waals surface area contributed by atoms with Crippen LogP contribution in [0.2, 0.25) is 0 Å². The second-order valence-electron chi connectivity index (χ2n) is 6.11. The van der Waals surface area contributed by atoms with Gasteiger partial charge in [-0.05, 0) is 32.6 Å². The Morgan fingerprint density at radius 1 is 1.07 bits per heavy atom. The minimum atomic E-state index is -0.567. The van der Waals surface area contributed by atoms with Crippen LogP contribution in [0, 0.1) is 6.92 Å². The fraction of sp³-hybridized carbons (Fsp3) is 0.647. The van der Waals surface area contributed by atoms with Crippen LogP contribution in [0.15, 0.2) is 4.99 Å². The van der Waals surface area contributed by atoms with E-state index in [4.69, 9.17) is 27.0 Å². The summed E-state index contributed by atoms with van der Waals surface area (Å²) in [5, 5.41) is 11.1. The van der Waals surface area contributed by atoms with E-state index >= 15 is 0 Å². The summed E-state index contributed by atoms with van der Waals surface area (Å²) in [4.78, 5) is 24.1. The fourth-order valence-corrected chi connectivity index (χ4v) is 2.21. The zero-order valence-corrected chi connectivity index (χ0v) is 15.9. The lowest BCUT2D eigenvalue weighted by atomic mass is 10.2. The Bertz CT molecular complexity index is 623. The summed E-state index contributed by atoms with van der Waals surface area (Å²) in [5.41, 5.74) is 17.4. The maximum Gasteiger partial charge on any atom is 0.280 e. The molecule has 0 aromatic carbocycles. The molecule has 152 valence electrons. The number of aliphatic hydroxyl groups excluding tert-OH is 1. The number of amides is 1. The molecular weight excluding hydrogens is 350 g/mol. The molecule has 0 fully saturated rings. The van der Waals surface area contributed by atoms with Crippen molar-refractivity contribution in [3.8, 4) is 0 Å². The van der Waals surface area contributed by atoms with E-state index < -0.39 is 5.91 Å². The third-order valence-corrected chi connectivity index (χ3v) is 3.77. The molecular formula is C17H31N7O3. The van der Waals surface area contributed by atoms with Crippen LogP contribution in [-0.4, -0.2) is 53.3 Å². The van der Waals surface area contributed by atoms with E-state index in [9.17, 15) is 4.79 Å². The Hall–Kier alpha value is -2.46. The zero-order valence-electron chi connectivity index (χ0n) is 15.9. The molecule has 0 aliphatic heterocycles. The quantitative estimate of drug-likeness (QED) is 0.196. The summed E-state index contributed by atoms with van der Waals surface area (Å²) in [6, 6.07) is 0. The van der Waals surface area contributed by atoms with Gasteiger partial charge in [-0.2, -0.15) is 0 Å². The molecule has 0 spiro atoms. The normalized spacial score (nSPS) is 11.6. The highest BCUT2D eigenvalue weighted by atomic mass is 16.5. The highest BCUT2D eigenvalue weighted by Gasteiger charge is 2.15. The Kier molecular flexibility index (Phi) is 10.7. The zero-order chi connectivity index (χ0) is 20.1. The smallest absolute Gasteiger partial charge is 0.280 e. The SMILES string of the molecule is Cc1nc(C(=O)NC(N)=NCCCCCCOCCCCO)c(N)nc1N. The number of hydrogen-bond donors (Lipinski definition) is 5. The van der Waals surface area contributed by atoms with Crippen LogP contribution < -0.4 is 22.5 Å². The standard InChI is InChI=1S/C17H31N7O3/c1-12-14(18)23-15(19)13(22-12)16(26)24-17(20)21-8-4-2-3-6-10-27-11-7-5-9-25/h25H,2-11H2,1H3,(H4,18,19,23)(H3,20,21,24,26). The van der Waals surface area contributed by atoms with Crippen molar-refractivity contribution >= 4 is 23.5 Å². The van der Waals surface area contributed by atoms with E-state index in [2.05, 4.69) is 20.3 Å². The van der Waals surface area contributed by atoms with Crippen molar-refractivity contribution in [2.24, 2.45) is 10.7 Å². The molecule has 0 saturated carbocycles. The molecule has 10 heteroatoms. The van der Waals surface area contributed by atoms with E-state index in [1.807, 2.05) is 0 Å². The Morgan fingerprint density at radius 2 is 1.74 bits per heavy atom. The van der Waals surface area contributed by atoms with Gasteiger partial charge in [0.05, 0.1) is 5.69 Å². The Balaban J connectivity index is 2.20. The van der Waals surface area contributed by atoms with E-state index in [0.29, 0.717) is 18.8 Å². The monoisotopic (exact) mass is 381 g/mol. The van der Waals surface area contributed by atoms with Crippen LogP contribution in [0.3, 0.4) is 0 Å². The van der Waals surface area contributed by atoms with Crippen LogP contribution in [0.5, 0.6) is 0 Å². The number of unbranched alkanes of at least 4 members (excludes halogenated alkanes) is 4. The summed E-state index contributed by atoms with van der Waals surface area (Å²) in [5.74, 6) is -0.422. The van der Waals surface area contributed by atoms with Crippen LogP contribution in [0.1, 0.15) is 54.7 Å². The minimum Gasteiger partial charge on any atom is -0.396 e. The van der Waals surface area contributed by atoms with Crippen molar-refractivity contribution in [2.75, 3.05) is 37.8 Å². The van der Waals surface area contributed by atoms with Gasteiger partial charge >= 0.3 is 0 Å². The van der Waals surface area contributed by atoms with Crippen molar-refractivity contribution in [1.82, 2.24) is 15.3 Å². The lowest BCUT2D eigenvalue weighted by Gasteiger charge is -2.08. The predicted molar refractivity (Wildman–Crippen MR) is 105 cm³/mol. The number of rotatable bonds is 12. The molecule has 0 saturated heterocycles. The molecule has 0 radical (unpaired) electrons. The van der Waals surface area contributed by atoms with Gasteiger partial charge in [0.15, 0.2) is 17.5 Å². The first-order valence-electron chi connectivity index (χ1n) is 9.15. The maximum atomic E-state index is 12.1. The summed E-state index contributed by atoms with van der Waals surface area (Å²) in [6.45, 7) is 3.80. The van der Waals surface area contributed by atoms with Gasteiger partial charge in [0.1, 0.15) is 5.82 Å². The number of ether oxygens (including phenoxy) is 1. The fourth-order valence-electron chi connectivity index (χ4n) is 2.21. The van der Waals surface area contributed by atoms with E-state index in [1.165, 1.54) is 0 Å². The molecule has 0 aliphatic carbocycles. The molecule has 1 rings (SSSR count). The van der Waals surface area contributed by atoms with Crippen LogP contribution in [0.25, 0.3) is 0 Å². The van der Waals surface area contributed by atoms with Crippen molar-refractivity contribution in [1.29, 1.82) is 0 Å². The number of nitrogens with two attached hydrogens (primary N) is 3. The number of carbonyl (C=O) groups is 1. The molecule has 0 unspecified atom stereocenters. The molecule has 8 N–H and O–H groups in total. The number of nitrogens with one attached hydrogen (secondary N) is 1. The molecule has 0 atom stereocenters. The van der Waals surface area contributed by atoms with Gasteiger partial charge in [0.2, 0.25) is 0 Å². The maximum absolute atomic E-state index is 12.1. The topological polar surface area (TPSA) is 175 Å². The van der Waals surface area contributed by atoms with Gasteiger partial charge in [-0.25, -0.2) is 9.97 Å². The Labute approximate surface area is 159 Å². The van der Waals surface area contributed by atoms with Gasteiger partial charge in [0.25, 0.3) is 5.91 Å². The van der Waals surface area contributed by atoms with Crippen molar-refractivity contribution in [3.63, 3.8) is 0 Å². The highest BCUT2D eigenvalue weighted by molar-refractivity contribution is 6.06. The largest absolute Gasteiger partial charge is 0.396 e. The first-order chi connectivity index (χ1) is 13.0. The lowest BCUT2D eigenvalue weighted by Crippen LogP contribution is -2.38. The van der Waals surface area contributed by atoms with Crippen LogP contribution in [0.4, 0.5) is 11.6 Å². The molecule has 27 heavy (non-hydrogen) atoms. The molecule has 10 nitrogen and oxygen atoms in total. The molecule has 1 aromatic rings. The molecule has 1 amide bonds. The van der Waals surface area contributed by atoms with Gasteiger partial charge < -0.3 is 27.0 Å². The van der Waals surface area contributed by atoms with Gasteiger partial charge in [-0.3, -0.25) is 15.1 Å². The van der Waals surface area contributed by atoms with Crippen molar-refractivity contribution in [2.45, 2.75) is 45.4 Å². The molecule has 1 aromatic heterocycles. The number of aliphatic imine (C=N–C) groups is 1. The third kappa shape index (κ3) is 9.15. The third-order valence-electron chi connectivity index (χ3n) is 3.77. The first-order valence-corrected chi connectivity index (χ1v) is 9.15. The molecule has 0 aliphatic rings. The van der Waals surface area contributed by atoms with Crippen molar-refractivity contribution in [3.05, 3.63) is 11.4 Å². The van der Waals surface area contributed by atoms with E-state index in [-0.39, 0.29) is 29.9 Å². The van der Waals surface area contributed by atoms with Gasteiger partial charge in [0, 0.05) is 26.4 Å². The van der Waals surface area contributed by atoms with Gasteiger partial charge in [-0.15, -0.1) is 0 Å². The summed E-state index contributed by atoms with van der Waals surface area (Å²) in [7, 11) is 0. The molecule has 0 bridgehead atoms. The summed E-state index contributed by atoms with van der Waals surface area (Å²) in [6.07, 6.45) is 5.57. The molecule has 1 heterocycles. The average molecular weight is 381 g/mol. The number of hydrogen-bond acceptors (Lipinski definition) is 8. The predicted octanol–water partition coefficient (Wildman–Crippen LogP) is 0.343. The number of carbonyl (C=O) groups excluding carboxylic acids is 1. The van der Waals surface area contributed by atoms with E-state index in [1.54, 1.807) is 6.92 Å². The van der Waals surface area contributed by atoms with Gasteiger partial charge in [-0.1, -0.05) is 12.8 Å². The number of nitrogen functional groups attached to an aromatic ring is 2. The average Bonchev–Trinajstić information content (AvgIpc) is 2.62. The highest BCUT2D eigenvalue weighted by Crippen LogP contribution is 2.11. The van der Waals surface area contributed by atoms with Crippen molar-refractivity contribution < 1.29 is 14.6 Å². The lowest BCUT2D eigenvalue weighted by molar-refractivity contribution is 0.0972. The number of aromatic nitrogens is 2. The second kappa shape index (κ2) is 12.8. The number of nitrogens with zero attached hydrogens (tertiary/aromatic N) is 3. The summed E-state index contributed by atoms with van der Waals surface area (Å²) < 4.78 is 5.46. The number of anilines is 2. The summed E-state index contributed by atoms with van der Waals surface area (Å²) >= 11 is 0. The van der Waals surface area contributed by atoms with Crippen LogP contribution in [-0.2, 0) is 4.74 Å². The van der Waals surface area contributed by atoms with Crippen LogP contribution >= 0.6 is 0 Å². The number of aliphatic hydroxyl groups is 1. The van der Waals surface area contributed by atoms with E-state index in [0.717, 1.165) is 45.1 Å². The minimum absolute atomic E-state index is 0.0166. The number of guanidine groups is 1. The second-order valence-corrected chi connectivity index (χ2v) is 6.11.